The first kappa shape index (κ1) is 12.6. The Labute approximate surface area is 106 Å². The Balaban J connectivity index is 1.88. The first-order valence-corrected chi connectivity index (χ1v) is 5.90. The Bertz CT molecular complexity index is 471. The van der Waals surface area contributed by atoms with Crippen molar-refractivity contribution in [1.82, 2.24) is 15.5 Å². The highest BCUT2D eigenvalue weighted by Gasteiger charge is 2.08. The monoisotopic (exact) mass is 247 g/mol. The molecule has 0 saturated carbocycles. The zero-order valence-electron chi connectivity index (χ0n) is 10.6. The SMILES string of the molecule is COc1ccccc1CC(C)NCc1ncon1. The fourth-order valence-corrected chi connectivity index (χ4v) is 1.81. The number of benzene rings is 1. The topological polar surface area (TPSA) is 60.2 Å². The lowest BCUT2D eigenvalue weighted by molar-refractivity contribution is 0.400. The number of nitrogens with zero attached hydrogens (tertiary/aromatic N) is 2. The second-order valence-electron chi connectivity index (χ2n) is 4.15. The molecule has 0 aliphatic rings. The maximum Gasteiger partial charge on any atom is 0.213 e. The molecule has 1 heterocycles. The number of ether oxygens (including phenoxy) is 1. The van der Waals surface area contributed by atoms with Gasteiger partial charge in [0.15, 0.2) is 5.82 Å². The van der Waals surface area contributed by atoms with Gasteiger partial charge < -0.3 is 14.6 Å². The molecule has 1 aromatic heterocycles. The summed E-state index contributed by atoms with van der Waals surface area (Å²) in [5.41, 5.74) is 1.19. The Morgan fingerprint density at radius 1 is 1.39 bits per heavy atom. The van der Waals surface area contributed by atoms with Crippen LogP contribution in [0.25, 0.3) is 0 Å². The number of aromatic nitrogens is 2. The smallest absolute Gasteiger partial charge is 0.213 e. The van der Waals surface area contributed by atoms with Crippen LogP contribution in [-0.4, -0.2) is 23.3 Å². The molecular formula is C13H17N3O2. The van der Waals surface area contributed by atoms with Gasteiger partial charge in [-0.3, -0.25) is 0 Å². The van der Waals surface area contributed by atoms with Crippen molar-refractivity contribution in [3.8, 4) is 5.75 Å². The van der Waals surface area contributed by atoms with E-state index in [-0.39, 0.29) is 0 Å². The molecule has 1 aromatic carbocycles. The van der Waals surface area contributed by atoms with Crippen molar-refractivity contribution in [2.24, 2.45) is 0 Å². The van der Waals surface area contributed by atoms with Gasteiger partial charge >= 0.3 is 0 Å². The van der Waals surface area contributed by atoms with E-state index in [0.717, 1.165) is 12.2 Å². The summed E-state index contributed by atoms with van der Waals surface area (Å²) in [5.74, 6) is 1.59. The third-order valence-corrected chi connectivity index (χ3v) is 2.73. The summed E-state index contributed by atoms with van der Waals surface area (Å²) in [7, 11) is 1.69. The van der Waals surface area contributed by atoms with Crippen LogP contribution in [0.1, 0.15) is 18.3 Å². The Kier molecular flexibility index (Phi) is 4.30. The number of rotatable bonds is 6. The summed E-state index contributed by atoms with van der Waals surface area (Å²) < 4.78 is 10.0. The molecular weight excluding hydrogens is 230 g/mol. The van der Waals surface area contributed by atoms with Gasteiger partial charge in [0, 0.05) is 6.04 Å². The van der Waals surface area contributed by atoms with Crippen LogP contribution < -0.4 is 10.1 Å². The Morgan fingerprint density at radius 3 is 2.94 bits per heavy atom. The standard InChI is InChI=1S/C13H17N3O2/c1-10(14-8-13-15-9-18-16-13)7-11-5-3-4-6-12(11)17-2/h3-6,9-10,14H,7-8H2,1-2H3. The number of methoxy groups -OCH3 is 1. The van der Waals surface area contributed by atoms with E-state index in [1.165, 1.54) is 12.0 Å². The predicted octanol–water partition coefficient (Wildman–Crippen LogP) is 1.80. The number of hydrogen-bond acceptors (Lipinski definition) is 5. The lowest BCUT2D eigenvalue weighted by atomic mass is 10.1. The molecule has 0 amide bonds. The van der Waals surface area contributed by atoms with Gasteiger partial charge in [-0.25, -0.2) is 0 Å². The van der Waals surface area contributed by atoms with Gasteiger partial charge in [0.05, 0.1) is 13.7 Å². The third kappa shape index (κ3) is 3.30. The molecule has 0 fully saturated rings. The minimum Gasteiger partial charge on any atom is -0.496 e. The molecule has 0 saturated heterocycles. The van der Waals surface area contributed by atoms with Gasteiger partial charge in [0.2, 0.25) is 6.39 Å². The minimum atomic E-state index is 0.305. The Morgan fingerprint density at radius 2 is 2.22 bits per heavy atom. The molecule has 2 aromatic rings. The van der Waals surface area contributed by atoms with Crippen LogP contribution in [0.5, 0.6) is 5.75 Å². The zero-order valence-corrected chi connectivity index (χ0v) is 10.6. The average Bonchev–Trinajstić information content (AvgIpc) is 2.90. The maximum atomic E-state index is 5.33. The Hall–Kier alpha value is -1.88. The van der Waals surface area contributed by atoms with Gasteiger partial charge in [-0.15, -0.1) is 0 Å². The lowest BCUT2D eigenvalue weighted by Crippen LogP contribution is -2.28. The molecule has 0 radical (unpaired) electrons. The summed E-state index contributed by atoms with van der Waals surface area (Å²) in [6.07, 6.45) is 2.23. The van der Waals surface area contributed by atoms with Crippen LogP contribution in [0.4, 0.5) is 0 Å². The van der Waals surface area contributed by atoms with Gasteiger partial charge in [0.25, 0.3) is 0 Å². The van der Waals surface area contributed by atoms with Crippen LogP contribution in [0, 0.1) is 0 Å². The molecule has 0 spiro atoms. The highest BCUT2D eigenvalue weighted by Crippen LogP contribution is 2.18. The number of hydrogen-bond donors (Lipinski definition) is 1. The van der Waals surface area contributed by atoms with Gasteiger partial charge in [-0.05, 0) is 25.0 Å². The largest absolute Gasteiger partial charge is 0.496 e. The second kappa shape index (κ2) is 6.16. The molecule has 1 atom stereocenters. The average molecular weight is 247 g/mol. The second-order valence-corrected chi connectivity index (χ2v) is 4.15. The first-order chi connectivity index (χ1) is 8.79. The summed E-state index contributed by atoms with van der Waals surface area (Å²) in [4.78, 5) is 3.96. The highest BCUT2D eigenvalue weighted by atomic mass is 16.5. The molecule has 96 valence electrons. The minimum absolute atomic E-state index is 0.305. The molecule has 0 bridgehead atoms. The summed E-state index contributed by atoms with van der Waals surface area (Å²) in [5, 5.41) is 7.10. The molecule has 0 aliphatic heterocycles. The van der Waals surface area contributed by atoms with Gasteiger partial charge in [0.1, 0.15) is 5.75 Å². The van der Waals surface area contributed by atoms with Crippen LogP contribution in [0.2, 0.25) is 0 Å². The third-order valence-electron chi connectivity index (χ3n) is 2.73. The van der Waals surface area contributed by atoms with E-state index in [0.29, 0.717) is 18.4 Å². The predicted molar refractivity (Wildman–Crippen MR) is 67.3 cm³/mol. The van der Waals surface area contributed by atoms with Crippen LogP contribution >= 0.6 is 0 Å². The van der Waals surface area contributed by atoms with E-state index in [4.69, 9.17) is 4.74 Å². The molecule has 5 heteroatoms. The van der Waals surface area contributed by atoms with Gasteiger partial charge in [-0.2, -0.15) is 4.98 Å². The van der Waals surface area contributed by atoms with Crippen molar-refractivity contribution in [1.29, 1.82) is 0 Å². The van der Waals surface area contributed by atoms with Crippen molar-refractivity contribution in [3.63, 3.8) is 0 Å². The normalized spacial score (nSPS) is 12.3. The van der Waals surface area contributed by atoms with Crippen molar-refractivity contribution in [3.05, 3.63) is 42.0 Å². The van der Waals surface area contributed by atoms with Crippen LogP contribution in [0.3, 0.4) is 0 Å². The van der Waals surface area contributed by atoms with E-state index in [2.05, 4.69) is 33.0 Å². The summed E-state index contributed by atoms with van der Waals surface area (Å²) in [6.45, 7) is 2.72. The van der Waals surface area contributed by atoms with E-state index in [9.17, 15) is 0 Å². The molecule has 5 nitrogen and oxygen atoms in total. The van der Waals surface area contributed by atoms with Crippen LogP contribution in [0.15, 0.2) is 35.2 Å². The molecule has 1 N–H and O–H groups in total. The summed E-state index contributed by atoms with van der Waals surface area (Å²) in [6, 6.07) is 8.34. The zero-order chi connectivity index (χ0) is 12.8. The fraction of sp³-hybridized carbons (Fsp3) is 0.385. The van der Waals surface area contributed by atoms with Crippen LogP contribution in [-0.2, 0) is 13.0 Å². The van der Waals surface area contributed by atoms with E-state index in [1.54, 1.807) is 7.11 Å². The van der Waals surface area contributed by atoms with E-state index >= 15 is 0 Å². The fourth-order valence-electron chi connectivity index (χ4n) is 1.81. The van der Waals surface area contributed by atoms with Crippen molar-refractivity contribution in [2.45, 2.75) is 25.9 Å². The number of para-hydroxylation sites is 1. The molecule has 0 aliphatic carbocycles. The first-order valence-electron chi connectivity index (χ1n) is 5.90. The highest BCUT2D eigenvalue weighted by molar-refractivity contribution is 5.33. The van der Waals surface area contributed by atoms with E-state index < -0.39 is 0 Å². The summed E-state index contributed by atoms with van der Waals surface area (Å²) >= 11 is 0. The van der Waals surface area contributed by atoms with Crippen molar-refractivity contribution < 1.29 is 9.26 Å². The molecule has 1 unspecified atom stereocenters. The van der Waals surface area contributed by atoms with Gasteiger partial charge in [-0.1, -0.05) is 23.4 Å². The molecule has 2 rings (SSSR count). The lowest BCUT2D eigenvalue weighted by Gasteiger charge is -2.14. The quantitative estimate of drug-likeness (QED) is 0.843. The van der Waals surface area contributed by atoms with Crippen molar-refractivity contribution >= 4 is 0 Å². The maximum absolute atomic E-state index is 5.33. The van der Waals surface area contributed by atoms with E-state index in [1.807, 2.05) is 18.2 Å². The molecule has 18 heavy (non-hydrogen) atoms. The number of nitrogens with one attached hydrogen (secondary N) is 1. The van der Waals surface area contributed by atoms with Crippen molar-refractivity contribution in [2.75, 3.05) is 7.11 Å².